The molecule has 1 aliphatic heterocycles. The van der Waals surface area contributed by atoms with Gasteiger partial charge in [0.25, 0.3) is 5.56 Å². The summed E-state index contributed by atoms with van der Waals surface area (Å²) in [5.41, 5.74) is 5.42. The summed E-state index contributed by atoms with van der Waals surface area (Å²) in [6, 6.07) is 6.36. The zero-order valence-corrected chi connectivity index (χ0v) is 17.4. The predicted octanol–water partition coefficient (Wildman–Crippen LogP) is 4.29. The lowest BCUT2D eigenvalue weighted by atomic mass is 10.1. The van der Waals surface area contributed by atoms with E-state index in [0.29, 0.717) is 6.67 Å². The van der Waals surface area contributed by atoms with E-state index in [2.05, 4.69) is 48.8 Å². The first-order chi connectivity index (χ1) is 13.0. The molecule has 0 amide bonds. The van der Waals surface area contributed by atoms with Crippen molar-refractivity contribution in [3.05, 3.63) is 50.9 Å². The Morgan fingerprint density at radius 2 is 1.85 bits per heavy atom. The Labute approximate surface area is 162 Å². The maximum Gasteiger partial charge on any atom is 0.259 e. The van der Waals surface area contributed by atoms with Gasteiger partial charge in [-0.05, 0) is 50.8 Å². The normalized spacial score (nSPS) is 14.5. The average Bonchev–Trinajstić information content (AvgIpc) is 2.65. The van der Waals surface area contributed by atoms with Crippen LogP contribution in [-0.4, -0.2) is 27.7 Å². The van der Waals surface area contributed by atoms with Crippen LogP contribution in [0.1, 0.15) is 55.5 Å². The predicted molar refractivity (Wildman–Crippen MR) is 112 cm³/mol. The van der Waals surface area contributed by atoms with Gasteiger partial charge in [0.1, 0.15) is 0 Å². The fourth-order valence-corrected chi connectivity index (χ4v) is 3.87. The van der Waals surface area contributed by atoms with E-state index in [9.17, 15) is 4.79 Å². The maximum atomic E-state index is 13.1. The molecule has 2 aromatic rings. The Balaban J connectivity index is 2.10. The van der Waals surface area contributed by atoms with E-state index >= 15 is 0 Å². The van der Waals surface area contributed by atoms with Crippen molar-refractivity contribution >= 4 is 11.6 Å². The van der Waals surface area contributed by atoms with E-state index in [1.807, 2.05) is 18.4 Å². The Morgan fingerprint density at radius 1 is 1.07 bits per heavy atom. The number of aryl methyl sites for hydroxylation is 2. The highest BCUT2D eigenvalue weighted by molar-refractivity contribution is 5.64. The zero-order chi connectivity index (χ0) is 19.6. The summed E-state index contributed by atoms with van der Waals surface area (Å²) in [6.45, 7) is 12.9. The first kappa shape index (κ1) is 19.6. The monoisotopic (exact) mass is 368 g/mol. The molecule has 2 heterocycles. The summed E-state index contributed by atoms with van der Waals surface area (Å²) < 4.78 is 1.86. The van der Waals surface area contributed by atoms with E-state index in [-0.39, 0.29) is 5.56 Å². The molecule has 5 heteroatoms. The first-order valence-corrected chi connectivity index (χ1v) is 10.1. The van der Waals surface area contributed by atoms with Gasteiger partial charge in [0.15, 0.2) is 0 Å². The zero-order valence-electron chi connectivity index (χ0n) is 17.4. The smallest absolute Gasteiger partial charge is 0.259 e. The van der Waals surface area contributed by atoms with Crippen LogP contribution in [0.5, 0.6) is 0 Å². The van der Waals surface area contributed by atoms with Crippen molar-refractivity contribution in [1.29, 1.82) is 0 Å². The van der Waals surface area contributed by atoms with Crippen LogP contribution in [0.4, 0.5) is 11.6 Å². The third kappa shape index (κ3) is 3.79. The quantitative estimate of drug-likeness (QED) is 0.713. The Morgan fingerprint density at radius 3 is 2.56 bits per heavy atom. The summed E-state index contributed by atoms with van der Waals surface area (Å²) in [5, 5.41) is 0. The summed E-state index contributed by atoms with van der Waals surface area (Å²) in [6.07, 6.45) is 4.29. The second-order valence-corrected chi connectivity index (χ2v) is 7.59. The van der Waals surface area contributed by atoms with Crippen LogP contribution in [0.2, 0.25) is 0 Å². The Bertz CT molecular complexity index is 871. The summed E-state index contributed by atoms with van der Waals surface area (Å²) >= 11 is 0. The lowest BCUT2D eigenvalue weighted by molar-refractivity contribution is 0.194. The fourth-order valence-electron chi connectivity index (χ4n) is 3.87. The highest BCUT2D eigenvalue weighted by atomic mass is 16.1. The number of fused-ring (bicyclic) bond motifs is 1. The van der Waals surface area contributed by atoms with Gasteiger partial charge in [-0.1, -0.05) is 38.8 Å². The van der Waals surface area contributed by atoms with Crippen molar-refractivity contribution in [2.45, 2.75) is 67.0 Å². The molecule has 3 rings (SSSR count). The molecule has 0 saturated carbocycles. The van der Waals surface area contributed by atoms with Crippen molar-refractivity contribution < 1.29 is 0 Å². The van der Waals surface area contributed by atoms with Crippen LogP contribution < -0.4 is 10.5 Å². The van der Waals surface area contributed by atoms with Crippen LogP contribution in [0.25, 0.3) is 0 Å². The number of aromatic nitrogens is 2. The molecule has 0 aliphatic carbocycles. The first-order valence-electron chi connectivity index (χ1n) is 10.1. The van der Waals surface area contributed by atoms with Gasteiger partial charge in [-0.25, -0.2) is 4.98 Å². The van der Waals surface area contributed by atoms with Crippen LogP contribution in [-0.2, 0) is 13.1 Å². The van der Waals surface area contributed by atoms with E-state index in [0.717, 1.165) is 48.9 Å². The number of hydrogen-bond donors (Lipinski definition) is 0. The molecular formula is C22H32N4O. The minimum atomic E-state index is 0.107. The van der Waals surface area contributed by atoms with Crippen molar-refractivity contribution in [3.8, 4) is 0 Å². The molecule has 5 nitrogen and oxygen atoms in total. The Kier molecular flexibility index (Phi) is 6.00. The Hall–Kier alpha value is -2.14. The number of rotatable bonds is 6. The van der Waals surface area contributed by atoms with E-state index in [1.54, 1.807) is 0 Å². The summed E-state index contributed by atoms with van der Waals surface area (Å²) in [4.78, 5) is 22.6. The van der Waals surface area contributed by atoms with Crippen molar-refractivity contribution in [1.82, 2.24) is 14.5 Å². The molecule has 1 aromatic heterocycles. The molecule has 0 fully saturated rings. The molecule has 0 atom stereocenters. The molecule has 0 saturated heterocycles. The highest BCUT2D eigenvalue weighted by Gasteiger charge is 2.28. The number of nitrogens with zero attached hydrogens (tertiary/aromatic N) is 4. The van der Waals surface area contributed by atoms with Crippen molar-refractivity contribution in [3.63, 3.8) is 0 Å². The largest absolute Gasteiger partial charge is 0.298 e. The lowest BCUT2D eigenvalue weighted by Gasteiger charge is -2.39. The van der Waals surface area contributed by atoms with E-state index < -0.39 is 0 Å². The minimum absolute atomic E-state index is 0.107. The van der Waals surface area contributed by atoms with Gasteiger partial charge in [0.2, 0.25) is 5.95 Å². The maximum absolute atomic E-state index is 13.1. The number of hydrogen-bond acceptors (Lipinski definition) is 4. The van der Waals surface area contributed by atoms with Crippen molar-refractivity contribution in [2.24, 2.45) is 0 Å². The lowest BCUT2D eigenvalue weighted by Crippen LogP contribution is -2.48. The van der Waals surface area contributed by atoms with Crippen molar-refractivity contribution in [2.75, 3.05) is 18.1 Å². The minimum Gasteiger partial charge on any atom is -0.298 e. The summed E-state index contributed by atoms with van der Waals surface area (Å²) in [5.74, 6) is 0.773. The molecule has 0 spiro atoms. The molecule has 1 aromatic carbocycles. The van der Waals surface area contributed by atoms with Crippen LogP contribution in [0, 0.1) is 20.8 Å². The third-order valence-electron chi connectivity index (χ3n) is 5.67. The second kappa shape index (κ2) is 8.26. The van der Waals surface area contributed by atoms with Gasteiger partial charge < -0.3 is 0 Å². The molecule has 0 N–H and O–H groups in total. The number of anilines is 2. The summed E-state index contributed by atoms with van der Waals surface area (Å²) in [7, 11) is 0. The van der Waals surface area contributed by atoms with Gasteiger partial charge in [0.05, 0.1) is 13.3 Å². The van der Waals surface area contributed by atoms with Gasteiger partial charge in [-0.15, -0.1) is 0 Å². The fraction of sp³-hybridized carbons (Fsp3) is 0.545. The molecular weight excluding hydrogens is 336 g/mol. The topological polar surface area (TPSA) is 41.4 Å². The molecule has 0 bridgehead atoms. The van der Waals surface area contributed by atoms with Gasteiger partial charge in [0, 0.05) is 23.5 Å². The van der Waals surface area contributed by atoms with Crippen LogP contribution in [0.3, 0.4) is 0 Å². The third-order valence-corrected chi connectivity index (χ3v) is 5.67. The number of unbranched alkanes of at least 4 members (excludes halogenated alkanes) is 2. The van der Waals surface area contributed by atoms with Crippen LogP contribution >= 0.6 is 0 Å². The average molecular weight is 369 g/mol. The molecule has 146 valence electrons. The van der Waals surface area contributed by atoms with E-state index in [1.165, 1.54) is 24.0 Å². The molecule has 0 radical (unpaired) electrons. The second-order valence-electron chi connectivity index (χ2n) is 7.59. The standard InChI is InChI=1S/C22H32N4O/c1-6-8-9-13-24-14-25(20-12-10-11-16(3)17(20)4)22-23-18(5)19(7-2)21(27)26(22)15-24/h10-12H,6-9,13-15H2,1-5H3. The SMILES string of the molecule is CCCCCN1CN(c2cccc(C)c2C)c2nc(C)c(CC)c(=O)n2C1. The van der Waals surface area contributed by atoms with Gasteiger partial charge in [-0.3, -0.25) is 19.2 Å². The van der Waals surface area contributed by atoms with Crippen LogP contribution in [0.15, 0.2) is 23.0 Å². The molecule has 27 heavy (non-hydrogen) atoms. The molecule has 1 aliphatic rings. The highest BCUT2D eigenvalue weighted by Crippen LogP contribution is 2.31. The number of benzene rings is 1. The molecule has 0 unspecified atom stereocenters. The van der Waals surface area contributed by atoms with E-state index in [4.69, 9.17) is 4.98 Å². The van der Waals surface area contributed by atoms with Gasteiger partial charge >= 0.3 is 0 Å². The van der Waals surface area contributed by atoms with Gasteiger partial charge in [-0.2, -0.15) is 0 Å².